The molecule has 0 amide bonds. The molecule has 0 fully saturated rings. The first-order valence-corrected chi connectivity index (χ1v) is 11.2. The number of hydrogen-bond donors (Lipinski definition) is 0. The molecule has 1 heterocycles. The van der Waals surface area contributed by atoms with Crippen LogP contribution in [-0.4, -0.2) is 9.97 Å². The summed E-state index contributed by atoms with van der Waals surface area (Å²) in [5.41, 5.74) is 3.47. The van der Waals surface area contributed by atoms with Gasteiger partial charge in [-0.25, -0.2) is 9.97 Å². The highest BCUT2D eigenvalue weighted by Gasteiger charge is 2.06. The van der Waals surface area contributed by atoms with E-state index in [9.17, 15) is 0 Å². The Bertz CT molecular complexity index is 652. The third kappa shape index (κ3) is 8.01. The minimum atomic E-state index is 0.765. The molecule has 27 heavy (non-hydrogen) atoms. The third-order valence-electron chi connectivity index (χ3n) is 5.14. The fourth-order valence-electron chi connectivity index (χ4n) is 3.37. The Labute approximate surface area is 170 Å². The van der Waals surface area contributed by atoms with Crippen molar-refractivity contribution in [3.8, 4) is 11.4 Å². The van der Waals surface area contributed by atoms with Gasteiger partial charge in [-0.2, -0.15) is 0 Å². The lowest BCUT2D eigenvalue weighted by molar-refractivity contribution is 0.631. The molecule has 0 aliphatic heterocycles. The summed E-state index contributed by atoms with van der Waals surface area (Å²) in [6.45, 7) is 4.50. The molecule has 0 aliphatic carbocycles. The van der Waals surface area contributed by atoms with E-state index in [-0.39, 0.29) is 0 Å². The molecule has 0 saturated heterocycles. The van der Waals surface area contributed by atoms with E-state index in [0.717, 1.165) is 29.3 Å². The van der Waals surface area contributed by atoms with Gasteiger partial charge in [-0.15, -0.1) is 0 Å². The van der Waals surface area contributed by atoms with E-state index >= 15 is 0 Å². The standard InChI is InChI=1S/C24H35ClN2/c1-3-5-7-9-11-13-20-18-26-24(27-19-20)22-16-15-21(23(25)17-22)14-12-10-8-6-4-2/h15-19H,3-14H2,1-2H3. The van der Waals surface area contributed by atoms with E-state index in [1.54, 1.807) is 0 Å². The van der Waals surface area contributed by atoms with Crippen molar-refractivity contribution in [2.24, 2.45) is 0 Å². The highest BCUT2D eigenvalue weighted by atomic mass is 35.5. The van der Waals surface area contributed by atoms with Crippen molar-refractivity contribution in [1.82, 2.24) is 9.97 Å². The lowest BCUT2D eigenvalue weighted by Crippen LogP contribution is -1.94. The van der Waals surface area contributed by atoms with Gasteiger partial charge in [0.1, 0.15) is 0 Å². The number of rotatable bonds is 13. The highest BCUT2D eigenvalue weighted by molar-refractivity contribution is 6.31. The maximum Gasteiger partial charge on any atom is 0.159 e. The number of unbranched alkanes of at least 4 members (excludes halogenated alkanes) is 8. The Kier molecular flexibility index (Phi) is 10.4. The van der Waals surface area contributed by atoms with Crippen molar-refractivity contribution in [2.75, 3.05) is 0 Å². The Morgan fingerprint density at radius 2 is 1.33 bits per heavy atom. The molecule has 1 aromatic heterocycles. The number of benzene rings is 1. The van der Waals surface area contributed by atoms with Gasteiger partial charge in [-0.3, -0.25) is 0 Å². The second kappa shape index (κ2) is 12.9. The van der Waals surface area contributed by atoms with Gasteiger partial charge in [-0.05, 0) is 42.9 Å². The van der Waals surface area contributed by atoms with Crippen LogP contribution in [0.15, 0.2) is 30.6 Å². The first-order chi connectivity index (χ1) is 13.2. The van der Waals surface area contributed by atoms with Crippen LogP contribution in [0.25, 0.3) is 11.4 Å². The summed E-state index contributed by atoms with van der Waals surface area (Å²) in [6, 6.07) is 6.26. The highest BCUT2D eigenvalue weighted by Crippen LogP contribution is 2.25. The van der Waals surface area contributed by atoms with E-state index in [1.165, 1.54) is 75.3 Å². The van der Waals surface area contributed by atoms with Crippen molar-refractivity contribution >= 4 is 11.6 Å². The maximum absolute atomic E-state index is 6.51. The zero-order valence-corrected chi connectivity index (χ0v) is 17.9. The SMILES string of the molecule is CCCCCCCc1cnc(-c2ccc(CCCCCCC)c(Cl)c2)nc1. The second-order valence-electron chi connectivity index (χ2n) is 7.55. The molecule has 0 aliphatic rings. The summed E-state index contributed by atoms with van der Waals surface area (Å²) < 4.78 is 0. The lowest BCUT2D eigenvalue weighted by atomic mass is 10.0. The Morgan fingerprint density at radius 3 is 1.93 bits per heavy atom. The van der Waals surface area contributed by atoms with Crippen molar-refractivity contribution < 1.29 is 0 Å². The molecule has 3 heteroatoms. The molecule has 0 atom stereocenters. The molecule has 0 N–H and O–H groups in total. The fourth-order valence-corrected chi connectivity index (χ4v) is 3.65. The largest absolute Gasteiger partial charge is 0.236 e. The number of nitrogens with zero attached hydrogens (tertiary/aromatic N) is 2. The Morgan fingerprint density at radius 1 is 0.741 bits per heavy atom. The van der Waals surface area contributed by atoms with Gasteiger partial charge in [0.25, 0.3) is 0 Å². The lowest BCUT2D eigenvalue weighted by Gasteiger charge is -2.07. The molecule has 2 aromatic rings. The zero-order chi connectivity index (χ0) is 19.3. The van der Waals surface area contributed by atoms with Crippen LogP contribution in [0, 0.1) is 0 Å². The molecular formula is C24H35ClN2. The molecule has 2 rings (SSSR count). The average Bonchev–Trinajstić information content (AvgIpc) is 2.69. The van der Waals surface area contributed by atoms with E-state index in [4.69, 9.17) is 11.6 Å². The van der Waals surface area contributed by atoms with Crippen LogP contribution in [0.4, 0.5) is 0 Å². The molecule has 0 unspecified atom stereocenters. The van der Waals surface area contributed by atoms with Crippen LogP contribution in [0.5, 0.6) is 0 Å². The van der Waals surface area contributed by atoms with Crippen LogP contribution >= 0.6 is 11.6 Å². The normalized spacial score (nSPS) is 11.1. The summed E-state index contributed by atoms with van der Waals surface area (Å²) in [5, 5.41) is 0.839. The minimum Gasteiger partial charge on any atom is -0.236 e. The van der Waals surface area contributed by atoms with E-state index in [1.807, 2.05) is 18.5 Å². The van der Waals surface area contributed by atoms with Gasteiger partial charge < -0.3 is 0 Å². The molecule has 0 saturated carbocycles. The van der Waals surface area contributed by atoms with Crippen LogP contribution in [-0.2, 0) is 12.8 Å². The third-order valence-corrected chi connectivity index (χ3v) is 5.49. The topological polar surface area (TPSA) is 25.8 Å². The average molecular weight is 387 g/mol. The molecule has 0 radical (unpaired) electrons. The van der Waals surface area contributed by atoms with Crippen LogP contribution in [0.1, 0.15) is 89.2 Å². The van der Waals surface area contributed by atoms with E-state index in [0.29, 0.717) is 0 Å². The first kappa shape index (κ1) is 21.9. The van der Waals surface area contributed by atoms with Crippen molar-refractivity contribution in [2.45, 2.75) is 90.9 Å². The Balaban J connectivity index is 1.85. The van der Waals surface area contributed by atoms with Gasteiger partial charge in [-0.1, -0.05) is 88.9 Å². The van der Waals surface area contributed by atoms with E-state index < -0.39 is 0 Å². The summed E-state index contributed by atoms with van der Waals surface area (Å²) in [6.07, 6.45) is 19.0. The number of hydrogen-bond acceptors (Lipinski definition) is 2. The predicted molar refractivity (Wildman–Crippen MR) is 117 cm³/mol. The van der Waals surface area contributed by atoms with Crippen LogP contribution in [0.2, 0.25) is 5.02 Å². The number of aryl methyl sites for hydroxylation is 2. The maximum atomic E-state index is 6.51. The molecule has 148 valence electrons. The van der Waals surface area contributed by atoms with Gasteiger partial charge in [0.2, 0.25) is 0 Å². The monoisotopic (exact) mass is 386 g/mol. The fraction of sp³-hybridized carbons (Fsp3) is 0.583. The molecule has 2 nitrogen and oxygen atoms in total. The van der Waals surface area contributed by atoms with Crippen molar-refractivity contribution in [1.29, 1.82) is 0 Å². The minimum absolute atomic E-state index is 0.765. The molecule has 1 aromatic carbocycles. The Hall–Kier alpha value is -1.41. The van der Waals surface area contributed by atoms with E-state index in [2.05, 4.69) is 35.9 Å². The van der Waals surface area contributed by atoms with Gasteiger partial charge in [0, 0.05) is 23.0 Å². The second-order valence-corrected chi connectivity index (χ2v) is 7.96. The molecular weight excluding hydrogens is 352 g/mol. The summed E-state index contributed by atoms with van der Waals surface area (Å²) in [7, 11) is 0. The summed E-state index contributed by atoms with van der Waals surface area (Å²) >= 11 is 6.51. The zero-order valence-electron chi connectivity index (χ0n) is 17.1. The number of halogens is 1. The molecule has 0 bridgehead atoms. The molecule has 0 spiro atoms. The smallest absolute Gasteiger partial charge is 0.159 e. The van der Waals surface area contributed by atoms with Crippen molar-refractivity contribution in [3.63, 3.8) is 0 Å². The quantitative estimate of drug-likeness (QED) is 0.328. The summed E-state index contributed by atoms with van der Waals surface area (Å²) in [4.78, 5) is 9.12. The summed E-state index contributed by atoms with van der Waals surface area (Å²) in [5.74, 6) is 0.765. The van der Waals surface area contributed by atoms with Crippen LogP contribution < -0.4 is 0 Å². The van der Waals surface area contributed by atoms with Gasteiger partial charge >= 0.3 is 0 Å². The number of aromatic nitrogens is 2. The predicted octanol–water partition coefficient (Wildman–Crippen LogP) is 7.82. The van der Waals surface area contributed by atoms with Gasteiger partial charge in [0.05, 0.1) is 0 Å². The van der Waals surface area contributed by atoms with Crippen molar-refractivity contribution in [3.05, 3.63) is 46.7 Å². The van der Waals surface area contributed by atoms with Gasteiger partial charge in [0.15, 0.2) is 5.82 Å². The first-order valence-electron chi connectivity index (χ1n) is 10.8. The van der Waals surface area contributed by atoms with Crippen LogP contribution in [0.3, 0.4) is 0 Å².